The molecule has 0 aromatic heterocycles. The molecule has 11 heavy (non-hydrogen) atoms. The average Bonchev–Trinajstić information content (AvgIpc) is 1.99. The lowest BCUT2D eigenvalue weighted by Crippen LogP contribution is -2.23. The van der Waals surface area contributed by atoms with Crippen LogP contribution in [-0.2, 0) is 4.74 Å². The summed E-state index contributed by atoms with van der Waals surface area (Å²) in [5.41, 5.74) is 0. The highest BCUT2D eigenvalue weighted by Gasteiger charge is 1.96. The summed E-state index contributed by atoms with van der Waals surface area (Å²) in [6.45, 7) is 2.91. The Hall–Kier alpha value is -0.440. The summed E-state index contributed by atoms with van der Waals surface area (Å²) in [6.07, 6.45) is 1.38. The molecular formula is C7H14ClNO2. The number of hydrogen-bond donors (Lipinski definition) is 1. The molecule has 0 rings (SSSR count). The third-order valence-corrected chi connectivity index (χ3v) is 1.35. The van der Waals surface area contributed by atoms with Crippen molar-refractivity contribution in [1.82, 2.24) is 5.32 Å². The molecule has 0 spiro atoms. The second-order valence-corrected chi connectivity index (χ2v) is 2.44. The van der Waals surface area contributed by atoms with E-state index in [1.165, 1.54) is 0 Å². The molecule has 0 aromatic rings. The van der Waals surface area contributed by atoms with E-state index in [0.717, 1.165) is 12.8 Å². The van der Waals surface area contributed by atoms with Gasteiger partial charge >= 0.3 is 6.09 Å². The maximum absolute atomic E-state index is 10.6. The van der Waals surface area contributed by atoms with Gasteiger partial charge in [-0.25, -0.2) is 4.79 Å². The maximum Gasteiger partial charge on any atom is 0.407 e. The molecule has 0 saturated heterocycles. The van der Waals surface area contributed by atoms with Crippen molar-refractivity contribution < 1.29 is 9.53 Å². The minimum absolute atomic E-state index is 0.345. The highest BCUT2D eigenvalue weighted by atomic mass is 35.5. The van der Waals surface area contributed by atoms with E-state index >= 15 is 0 Å². The van der Waals surface area contributed by atoms with Crippen LogP contribution in [0, 0.1) is 0 Å². The van der Waals surface area contributed by atoms with Crippen molar-refractivity contribution in [2.45, 2.75) is 19.8 Å². The minimum Gasteiger partial charge on any atom is -0.450 e. The SMILES string of the molecule is CCNC(=O)OCCCCCl. The van der Waals surface area contributed by atoms with Crippen LogP contribution in [0.15, 0.2) is 0 Å². The fraction of sp³-hybridized carbons (Fsp3) is 0.857. The molecule has 0 saturated carbocycles. The fourth-order valence-electron chi connectivity index (χ4n) is 0.557. The van der Waals surface area contributed by atoms with E-state index in [4.69, 9.17) is 16.3 Å². The largest absolute Gasteiger partial charge is 0.450 e. The van der Waals surface area contributed by atoms with Crippen LogP contribution in [0.25, 0.3) is 0 Å². The van der Waals surface area contributed by atoms with E-state index in [0.29, 0.717) is 19.0 Å². The highest BCUT2D eigenvalue weighted by Crippen LogP contribution is 1.92. The van der Waals surface area contributed by atoms with E-state index < -0.39 is 0 Å². The lowest BCUT2D eigenvalue weighted by atomic mass is 10.4. The molecular weight excluding hydrogens is 166 g/mol. The van der Waals surface area contributed by atoms with Crippen LogP contribution in [0.3, 0.4) is 0 Å². The molecule has 0 fully saturated rings. The number of unbranched alkanes of at least 4 members (excludes halogenated alkanes) is 1. The van der Waals surface area contributed by atoms with E-state index in [2.05, 4.69) is 5.32 Å². The van der Waals surface area contributed by atoms with Crippen molar-refractivity contribution in [3.8, 4) is 0 Å². The van der Waals surface area contributed by atoms with Crippen molar-refractivity contribution >= 4 is 17.7 Å². The number of amides is 1. The topological polar surface area (TPSA) is 38.3 Å². The molecule has 66 valence electrons. The van der Waals surface area contributed by atoms with E-state index in [-0.39, 0.29) is 6.09 Å². The quantitative estimate of drug-likeness (QED) is 0.516. The van der Waals surface area contributed by atoms with Gasteiger partial charge in [0.2, 0.25) is 0 Å². The Morgan fingerprint density at radius 1 is 1.55 bits per heavy atom. The van der Waals surface area contributed by atoms with Gasteiger partial charge in [-0.05, 0) is 19.8 Å². The van der Waals surface area contributed by atoms with Crippen molar-refractivity contribution in [3.05, 3.63) is 0 Å². The summed E-state index contributed by atoms with van der Waals surface area (Å²) in [7, 11) is 0. The predicted octanol–water partition coefficient (Wildman–Crippen LogP) is 1.75. The third kappa shape index (κ3) is 7.46. The summed E-state index contributed by atoms with van der Waals surface area (Å²) in [5.74, 6) is 0.624. The first-order valence-corrected chi connectivity index (χ1v) is 4.31. The van der Waals surface area contributed by atoms with Crippen LogP contribution in [-0.4, -0.2) is 25.1 Å². The number of carbonyl (C=O) groups is 1. The van der Waals surface area contributed by atoms with Gasteiger partial charge in [-0.1, -0.05) is 0 Å². The smallest absolute Gasteiger partial charge is 0.407 e. The summed E-state index contributed by atoms with van der Waals surface area (Å²) in [4.78, 5) is 10.6. The Morgan fingerprint density at radius 3 is 2.82 bits per heavy atom. The first-order valence-electron chi connectivity index (χ1n) is 3.77. The van der Waals surface area contributed by atoms with Crippen LogP contribution in [0.5, 0.6) is 0 Å². The number of rotatable bonds is 5. The Balaban J connectivity index is 3.04. The number of alkyl carbamates (subject to hydrolysis) is 1. The zero-order chi connectivity index (χ0) is 8.53. The lowest BCUT2D eigenvalue weighted by molar-refractivity contribution is 0.145. The number of ether oxygens (including phenoxy) is 1. The van der Waals surface area contributed by atoms with Gasteiger partial charge in [-0.3, -0.25) is 0 Å². The normalized spacial score (nSPS) is 9.27. The second-order valence-electron chi connectivity index (χ2n) is 2.06. The van der Waals surface area contributed by atoms with Crippen molar-refractivity contribution in [1.29, 1.82) is 0 Å². The van der Waals surface area contributed by atoms with Crippen LogP contribution in [0.1, 0.15) is 19.8 Å². The van der Waals surface area contributed by atoms with Crippen LogP contribution >= 0.6 is 11.6 Å². The van der Waals surface area contributed by atoms with Gasteiger partial charge < -0.3 is 10.1 Å². The van der Waals surface area contributed by atoms with Gasteiger partial charge in [0.1, 0.15) is 0 Å². The molecule has 0 bridgehead atoms. The molecule has 0 unspecified atom stereocenters. The van der Waals surface area contributed by atoms with Crippen molar-refractivity contribution in [2.75, 3.05) is 19.0 Å². The first-order chi connectivity index (χ1) is 5.31. The molecule has 1 amide bonds. The monoisotopic (exact) mass is 179 g/mol. The van der Waals surface area contributed by atoms with Gasteiger partial charge in [-0.15, -0.1) is 11.6 Å². The summed E-state index contributed by atoms with van der Waals surface area (Å²) < 4.78 is 4.78. The Kier molecular flexibility index (Phi) is 7.36. The van der Waals surface area contributed by atoms with Crippen molar-refractivity contribution in [3.63, 3.8) is 0 Å². The fourth-order valence-corrected chi connectivity index (χ4v) is 0.746. The minimum atomic E-state index is -0.345. The summed E-state index contributed by atoms with van der Waals surface area (Å²) >= 11 is 5.42. The maximum atomic E-state index is 10.6. The van der Waals surface area contributed by atoms with Gasteiger partial charge in [0.15, 0.2) is 0 Å². The molecule has 1 N–H and O–H groups in total. The standard InChI is InChI=1S/C7H14ClNO2/c1-2-9-7(10)11-6-4-3-5-8/h2-6H2,1H3,(H,9,10). The predicted molar refractivity (Wildman–Crippen MR) is 45.0 cm³/mol. The first kappa shape index (κ1) is 10.6. The van der Waals surface area contributed by atoms with Gasteiger partial charge in [-0.2, -0.15) is 0 Å². The van der Waals surface area contributed by atoms with E-state index in [1.54, 1.807) is 0 Å². The Labute approximate surface area is 72.1 Å². The zero-order valence-corrected chi connectivity index (χ0v) is 7.49. The van der Waals surface area contributed by atoms with Crippen LogP contribution in [0.2, 0.25) is 0 Å². The number of hydrogen-bond acceptors (Lipinski definition) is 2. The molecule has 0 aliphatic carbocycles. The molecule has 0 aromatic carbocycles. The molecule has 0 aliphatic heterocycles. The Bertz CT molecular complexity index is 109. The van der Waals surface area contributed by atoms with E-state index in [9.17, 15) is 4.79 Å². The van der Waals surface area contributed by atoms with Crippen molar-refractivity contribution in [2.24, 2.45) is 0 Å². The zero-order valence-electron chi connectivity index (χ0n) is 6.73. The van der Waals surface area contributed by atoms with Gasteiger partial charge in [0.25, 0.3) is 0 Å². The Morgan fingerprint density at radius 2 is 2.27 bits per heavy atom. The number of alkyl halides is 1. The molecule has 0 atom stereocenters. The summed E-state index contributed by atoms with van der Waals surface area (Å²) in [5, 5.41) is 2.53. The number of halogens is 1. The lowest BCUT2D eigenvalue weighted by Gasteiger charge is -2.03. The molecule has 0 aliphatic rings. The van der Waals surface area contributed by atoms with Crippen LogP contribution < -0.4 is 5.32 Å². The van der Waals surface area contributed by atoms with Gasteiger partial charge in [0, 0.05) is 12.4 Å². The molecule has 4 heteroatoms. The summed E-state index contributed by atoms with van der Waals surface area (Å²) in [6, 6.07) is 0. The molecule has 3 nitrogen and oxygen atoms in total. The van der Waals surface area contributed by atoms with E-state index in [1.807, 2.05) is 6.92 Å². The number of nitrogens with one attached hydrogen (secondary N) is 1. The molecule has 0 radical (unpaired) electrons. The van der Waals surface area contributed by atoms with Gasteiger partial charge in [0.05, 0.1) is 6.61 Å². The third-order valence-electron chi connectivity index (χ3n) is 1.08. The average molecular weight is 180 g/mol. The van der Waals surface area contributed by atoms with Crippen LogP contribution in [0.4, 0.5) is 4.79 Å². The molecule has 0 heterocycles. The highest BCUT2D eigenvalue weighted by molar-refractivity contribution is 6.17. The second kappa shape index (κ2) is 7.66. The number of carbonyl (C=O) groups excluding carboxylic acids is 1.